The molecular weight excluding hydrogens is 342 g/mol. The molecule has 2 fully saturated rings. The number of hydrogen-bond acceptors (Lipinski definition) is 4. The van der Waals surface area contributed by atoms with E-state index in [4.69, 9.17) is 0 Å². The third-order valence-electron chi connectivity index (χ3n) is 5.63. The summed E-state index contributed by atoms with van der Waals surface area (Å²) in [7, 11) is 0. The average Bonchev–Trinajstić information content (AvgIpc) is 3.32. The summed E-state index contributed by atoms with van der Waals surface area (Å²) < 4.78 is 0. The minimum absolute atomic E-state index is 0.0347. The molecule has 27 heavy (non-hydrogen) atoms. The van der Waals surface area contributed by atoms with Crippen molar-refractivity contribution in [3.8, 4) is 6.07 Å². The Kier molecular flexibility index (Phi) is 5.90. The molecule has 0 spiro atoms. The number of carbonyl (C=O) groups is 3. The summed E-state index contributed by atoms with van der Waals surface area (Å²) in [5.41, 5.74) is 1.69. The lowest BCUT2D eigenvalue weighted by Gasteiger charge is -2.24. The van der Waals surface area contributed by atoms with Crippen LogP contribution in [0.25, 0.3) is 0 Å². The maximum absolute atomic E-state index is 12.8. The van der Waals surface area contributed by atoms with Crippen LogP contribution in [-0.2, 0) is 20.8 Å². The Morgan fingerprint density at radius 3 is 2.52 bits per heavy atom. The zero-order chi connectivity index (χ0) is 19.4. The van der Waals surface area contributed by atoms with E-state index in [0.29, 0.717) is 12.2 Å². The molecule has 6 heteroatoms. The fraction of sp³-hybridized carbons (Fsp3) is 0.524. The summed E-state index contributed by atoms with van der Waals surface area (Å²) >= 11 is 0. The summed E-state index contributed by atoms with van der Waals surface area (Å²) in [6.45, 7) is 2.37. The first-order valence-corrected chi connectivity index (χ1v) is 9.66. The smallest absolute Gasteiger partial charge is 0.249 e. The van der Waals surface area contributed by atoms with Crippen LogP contribution < -0.4 is 5.32 Å². The van der Waals surface area contributed by atoms with Gasteiger partial charge in [0.1, 0.15) is 0 Å². The van der Waals surface area contributed by atoms with Gasteiger partial charge in [-0.1, -0.05) is 31.9 Å². The van der Waals surface area contributed by atoms with Gasteiger partial charge in [0.25, 0.3) is 0 Å². The second-order valence-electron chi connectivity index (χ2n) is 7.39. The number of carbonyl (C=O) groups excluding carboxylic acids is 3. The zero-order valence-corrected chi connectivity index (χ0v) is 15.6. The molecule has 1 N–H and O–H groups in total. The Hall–Kier alpha value is -2.68. The molecule has 2 aliphatic rings. The fourth-order valence-corrected chi connectivity index (χ4v) is 4.02. The first-order chi connectivity index (χ1) is 13.0. The van der Waals surface area contributed by atoms with Crippen molar-refractivity contribution in [1.29, 1.82) is 5.26 Å². The van der Waals surface area contributed by atoms with Crippen molar-refractivity contribution >= 4 is 23.3 Å². The molecule has 1 aromatic carbocycles. The molecule has 3 rings (SSSR count). The number of nitrogens with zero attached hydrogens (tertiary/aromatic N) is 2. The van der Waals surface area contributed by atoms with Gasteiger partial charge in [-0.15, -0.1) is 0 Å². The molecule has 1 heterocycles. The van der Waals surface area contributed by atoms with Crippen molar-refractivity contribution in [2.75, 3.05) is 11.9 Å². The Labute approximate surface area is 159 Å². The Morgan fingerprint density at radius 1 is 1.26 bits per heavy atom. The van der Waals surface area contributed by atoms with Crippen molar-refractivity contribution in [1.82, 2.24) is 4.90 Å². The van der Waals surface area contributed by atoms with Gasteiger partial charge in [0, 0.05) is 30.6 Å². The number of amides is 2. The Morgan fingerprint density at radius 2 is 1.93 bits per heavy atom. The highest BCUT2D eigenvalue weighted by molar-refractivity contribution is 6.11. The van der Waals surface area contributed by atoms with Crippen LogP contribution in [0.15, 0.2) is 24.3 Å². The van der Waals surface area contributed by atoms with E-state index in [2.05, 4.69) is 5.32 Å². The van der Waals surface area contributed by atoms with Crippen LogP contribution in [0.3, 0.4) is 0 Å². The van der Waals surface area contributed by atoms with Crippen LogP contribution in [0.5, 0.6) is 0 Å². The van der Waals surface area contributed by atoms with Gasteiger partial charge in [-0.25, -0.2) is 0 Å². The van der Waals surface area contributed by atoms with E-state index in [1.807, 2.05) is 25.1 Å². The third kappa shape index (κ3) is 4.19. The van der Waals surface area contributed by atoms with Crippen LogP contribution in [-0.4, -0.2) is 35.1 Å². The van der Waals surface area contributed by atoms with E-state index in [1.54, 1.807) is 17.0 Å². The van der Waals surface area contributed by atoms with Crippen molar-refractivity contribution < 1.29 is 14.4 Å². The molecule has 0 bridgehead atoms. The SMILES string of the molecule is CCc1ccc(NC(=O)[C@H](C#N)C(=O)[C@@H]2CC(=O)N(C3CCCC3)C2)cc1. The normalized spacial score (nSPS) is 21.1. The average molecular weight is 367 g/mol. The van der Waals surface area contributed by atoms with Gasteiger partial charge in [0.2, 0.25) is 11.8 Å². The van der Waals surface area contributed by atoms with Gasteiger partial charge >= 0.3 is 0 Å². The number of benzene rings is 1. The monoisotopic (exact) mass is 367 g/mol. The summed E-state index contributed by atoms with van der Waals surface area (Å²) in [5.74, 6) is -3.08. The number of Topliss-reactive ketones (excluding diaryl/α,β-unsaturated/α-hetero) is 1. The Bertz CT molecular complexity index is 760. The number of aryl methyl sites for hydroxylation is 1. The quantitative estimate of drug-likeness (QED) is 0.783. The summed E-state index contributed by atoms with van der Waals surface area (Å²) in [6, 6.07) is 9.35. The van der Waals surface area contributed by atoms with Crippen LogP contribution >= 0.6 is 0 Å². The van der Waals surface area contributed by atoms with Gasteiger partial charge in [-0.2, -0.15) is 5.26 Å². The number of anilines is 1. The third-order valence-corrected chi connectivity index (χ3v) is 5.63. The van der Waals surface area contributed by atoms with Crippen LogP contribution in [0.1, 0.15) is 44.6 Å². The second-order valence-corrected chi connectivity index (χ2v) is 7.39. The number of nitrogens with one attached hydrogen (secondary N) is 1. The summed E-state index contributed by atoms with van der Waals surface area (Å²) in [4.78, 5) is 39.3. The van der Waals surface area contributed by atoms with Gasteiger partial charge in [-0.05, 0) is 37.0 Å². The van der Waals surface area contributed by atoms with Crippen LogP contribution in [0, 0.1) is 23.2 Å². The number of nitriles is 1. The minimum atomic E-state index is -1.39. The van der Waals surface area contributed by atoms with Gasteiger partial charge in [-0.3, -0.25) is 14.4 Å². The van der Waals surface area contributed by atoms with Crippen LogP contribution in [0.4, 0.5) is 5.69 Å². The highest BCUT2D eigenvalue weighted by atomic mass is 16.2. The maximum atomic E-state index is 12.8. The molecule has 1 saturated carbocycles. The summed E-state index contributed by atoms with van der Waals surface area (Å²) in [5, 5.41) is 12.0. The van der Waals surface area contributed by atoms with Crippen molar-refractivity contribution in [3.05, 3.63) is 29.8 Å². The maximum Gasteiger partial charge on any atom is 0.249 e. The predicted molar refractivity (Wildman–Crippen MR) is 101 cm³/mol. The first kappa shape index (κ1) is 19.1. The standard InChI is InChI=1S/C21H25N3O3/c1-2-14-7-9-16(10-8-14)23-21(27)18(12-22)20(26)15-11-19(25)24(13-15)17-5-3-4-6-17/h7-10,15,17-18H,2-6,11,13H2,1H3,(H,23,27)/t15-,18-/m1/s1. The molecule has 0 unspecified atom stereocenters. The summed E-state index contributed by atoms with van der Waals surface area (Å²) in [6.07, 6.45) is 5.15. The van der Waals surface area contributed by atoms with E-state index in [9.17, 15) is 19.6 Å². The molecule has 6 nitrogen and oxygen atoms in total. The molecule has 1 aromatic rings. The van der Waals surface area contributed by atoms with E-state index in [-0.39, 0.29) is 18.4 Å². The van der Waals surface area contributed by atoms with Crippen molar-refractivity contribution in [3.63, 3.8) is 0 Å². The zero-order valence-electron chi connectivity index (χ0n) is 15.6. The molecule has 142 valence electrons. The number of hydrogen-bond donors (Lipinski definition) is 1. The number of likely N-dealkylation sites (tertiary alicyclic amines) is 1. The highest BCUT2D eigenvalue weighted by Crippen LogP contribution is 2.31. The molecule has 2 atom stereocenters. The Balaban J connectivity index is 1.63. The molecule has 2 amide bonds. The molecule has 0 radical (unpaired) electrons. The number of ketones is 1. The molecule has 1 saturated heterocycles. The lowest BCUT2D eigenvalue weighted by atomic mass is 9.92. The van der Waals surface area contributed by atoms with Gasteiger partial charge < -0.3 is 10.2 Å². The topological polar surface area (TPSA) is 90.3 Å². The van der Waals surface area contributed by atoms with Gasteiger partial charge in [0.15, 0.2) is 11.7 Å². The predicted octanol–water partition coefficient (Wildman–Crippen LogP) is 2.69. The molecule has 1 aliphatic carbocycles. The molecule has 1 aliphatic heterocycles. The van der Waals surface area contributed by atoms with E-state index >= 15 is 0 Å². The van der Waals surface area contributed by atoms with Gasteiger partial charge in [0.05, 0.1) is 6.07 Å². The van der Waals surface area contributed by atoms with Crippen molar-refractivity contribution in [2.45, 2.75) is 51.5 Å². The lowest BCUT2D eigenvalue weighted by Crippen LogP contribution is -2.37. The van der Waals surface area contributed by atoms with Crippen LogP contribution in [0.2, 0.25) is 0 Å². The van der Waals surface area contributed by atoms with E-state index in [0.717, 1.165) is 37.7 Å². The van der Waals surface area contributed by atoms with E-state index in [1.165, 1.54) is 0 Å². The fourth-order valence-electron chi connectivity index (χ4n) is 4.02. The van der Waals surface area contributed by atoms with E-state index < -0.39 is 23.5 Å². The first-order valence-electron chi connectivity index (χ1n) is 9.66. The lowest BCUT2D eigenvalue weighted by molar-refractivity contribution is -0.132. The number of rotatable bonds is 6. The molecule has 0 aromatic heterocycles. The highest BCUT2D eigenvalue weighted by Gasteiger charge is 2.42. The second kappa shape index (κ2) is 8.34. The minimum Gasteiger partial charge on any atom is -0.339 e. The van der Waals surface area contributed by atoms with Crippen molar-refractivity contribution in [2.24, 2.45) is 11.8 Å². The molecular formula is C21H25N3O3. The largest absolute Gasteiger partial charge is 0.339 e.